The highest BCUT2D eigenvalue weighted by atomic mass is 19.4. The lowest BCUT2D eigenvalue weighted by atomic mass is 10.2. The molecule has 0 spiro atoms. The third-order valence-electron chi connectivity index (χ3n) is 1.22. The molecule has 0 bridgehead atoms. The maximum absolute atomic E-state index is 10.4. The van der Waals surface area contributed by atoms with E-state index in [0.29, 0.717) is 0 Å². The molecule has 0 atom stereocenters. The van der Waals surface area contributed by atoms with Crippen LogP contribution in [0.25, 0.3) is 0 Å². The molecular weight excluding hydrogens is 177 g/mol. The Morgan fingerprint density at radius 2 is 1.00 bits per heavy atom. The third kappa shape index (κ3) is 11.0. The summed E-state index contributed by atoms with van der Waals surface area (Å²) in [5.41, 5.74) is 2.66. The van der Waals surface area contributed by atoms with E-state index in [0.717, 1.165) is 0 Å². The van der Waals surface area contributed by atoms with Crippen molar-refractivity contribution in [3.8, 4) is 0 Å². The molecule has 0 nitrogen and oxygen atoms in total. The highest BCUT2D eigenvalue weighted by Crippen LogP contribution is 2.10. The van der Waals surface area contributed by atoms with Crippen LogP contribution in [-0.4, -0.2) is 6.18 Å². The number of aryl methyl sites for hydroxylation is 2. The highest BCUT2D eigenvalue weighted by molar-refractivity contribution is 5.19. The maximum Gasteiger partial charge on any atom is 0.386 e. The smallest absolute Gasteiger partial charge is 0.172 e. The molecule has 0 N–H and O–H groups in total. The number of benzene rings is 1. The standard InChI is InChI=1S/C8H10.C2H3F3/c1-7-3-5-8(2)6-4-7;1-2(3,4)5/h3-6H,1-2H3;1H3. The Morgan fingerprint density at radius 3 is 1.15 bits per heavy atom. The first-order valence-electron chi connectivity index (χ1n) is 3.89. The van der Waals surface area contributed by atoms with Crippen LogP contribution in [-0.2, 0) is 0 Å². The lowest BCUT2D eigenvalue weighted by Gasteiger charge is -1.90. The molecule has 0 aliphatic carbocycles. The molecule has 0 unspecified atom stereocenters. The van der Waals surface area contributed by atoms with Crippen molar-refractivity contribution in [3.05, 3.63) is 35.4 Å². The van der Waals surface area contributed by atoms with Gasteiger partial charge in [-0.3, -0.25) is 0 Å². The van der Waals surface area contributed by atoms with Gasteiger partial charge < -0.3 is 0 Å². The monoisotopic (exact) mass is 190 g/mol. The van der Waals surface area contributed by atoms with Crippen LogP contribution in [0.15, 0.2) is 24.3 Å². The number of alkyl halides is 3. The van der Waals surface area contributed by atoms with E-state index in [4.69, 9.17) is 0 Å². The minimum Gasteiger partial charge on any atom is -0.172 e. The average molecular weight is 190 g/mol. The topological polar surface area (TPSA) is 0 Å². The molecule has 0 aromatic heterocycles. The van der Waals surface area contributed by atoms with E-state index in [1.807, 2.05) is 0 Å². The molecule has 0 aliphatic heterocycles. The van der Waals surface area contributed by atoms with Crippen LogP contribution in [0.3, 0.4) is 0 Å². The van der Waals surface area contributed by atoms with Crippen LogP contribution < -0.4 is 0 Å². The van der Waals surface area contributed by atoms with Gasteiger partial charge in [0.1, 0.15) is 0 Å². The Bertz CT molecular complexity index is 206. The summed E-state index contributed by atoms with van der Waals surface area (Å²) in [7, 11) is 0. The molecule has 74 valence electrons. The molecule has 3 heteroatoms. The molecular formula is C10H13F3. The van der Waals surface area contributed by atoms with Crippen LogP contribution in [0.4, 0.5) is 13.2 Å². The molecule has 1 rings (SSSR count). The number of halogens is 3. The fraction of sp³-hybridized carbons (Fsp3) is 0.400. The van der Waals surface area contributed by atoms with Crippen LogP contribution in [0.5, 0.6) is 0 Å². The Kier molecular flexibility index (Phi) is 4.52. The third-order valence-corrected chi connectivity index (χ3v) is 1.22. The van der Waals surface area contributed by atoms with Crippen molar-refractivity contribution >= 4 is 0 Å². The summed E-state index contributed by atoms with van der Waals surface area (Å²) in [6.07, 6.45) is -4.00. The predicted octanol–water partition coefficient (Wildman–Crippen LogP) is 3.87. The molecule has 0 fully saturated rings. The van der Waals surface area contributed by atoms with Crippen LogP contribution in [0.1, 0.15) is 18.1 Å². The van der Waals surface area contributed by atoms with Crippen molar-refractivity contribution in [2.24, 2.45) is 0 Å². The summed E-state index contributed by atoms with van der Waals surface area (Å²) in [6, 6.07) is 8.48. The van der Waals surface area contributed by atoms with Crippen molar-refractivity contribution in [3.63, 3.8) is 0 Å². The molecule has 13 heavy (non-hydrogen) atoms. The lowest BCUT2D eigenvalue weighted by Crippen LogP contribution is -1.95. The van der Waals surface area contributed by atoms with Crippen molar-refractivity contribution in [1.29, 1.82) is 0 Å². The Morgan fingerprint density at radius 1 is 0.846 bits per heavy atom. The van der Waals surface area contributed by atoms with Crippen LogP contribution in [0, 0.1) is 13.8 Å². The molecule has 0 radical (unpaired) electrons. The first-order chi connectivity index (χ1) is 5.79. The van der Waals surface area contributed by atoms with Gasteiger partial charge in [0, 0.05) is 6.92 Å². The first kappa shape index (κ1) is 12.0. The van der Waals surface area contributed by atoms with E-state index in [9.17, 15) is 13.2 Å². The van der Waals surface area contributed by atoms with Crippen LogP contribution in [0.2, 0.25) is 0 Å². The summed E-state index contributed by atoms with van der Waals surface area (Å²) in [6.45, 7) is 4.38. The normalized spacial score (nSPS) is 10.3. The fourth-order valence-corrected chi connectivity index (χ4v) is 0.637. The molecule has 0 amide bonds. The average Bonchev–Trinajstić information content (AvgIpc) is 1.92. The van der Waals surface area contributed by atoms with E-state index >= 15 is 0 Å². The van der Waals surface area contributed by atoms with E-state index in [1.54, 1.807) is 0 Å². The zero-order valence-electron chi connectivity index (χ0n) is 7.94. The Labute approximate surface area is 76.4 Å². The minimum atomic E-state index is -4.00. The summed E-state index contributed by atoms with van der Waals surface area (Å²) in [5, 5.41) is 0. The van der Waals surface area contributed by atoms with Crippen molar-refractivity contribution in [1.82, 2.24) is 0 Å². The van der Waals surface area contributed by atoms with E-state index in [-0.39, 0.29) is 6.92 Å². The second-order valence-corrected chi connectivity index (χ2v) is 2.94. The van der Waals surface area contributed by atoms with Gasteiger partial charge in [0.05, 0.1) is 0 Å². The zero-order valence-corrected chi connectivity index (χ0v) is 7.94. The Hall–Kier alpha value is -0.990. The fourth-order valence-electron chi connectivity index (χ4n) is 0.637. The van der Waals surface area contributed by atoms with E-state index in [2.05, 4.69) is 38.1 Å². The van der Waals surface area contributed by atoms with Gasteiger partial charge in [0.2, 0.25) is 0 Å². The van der Waals surface area contributed by atoms with Gasteiger partial charge in [-0.15, -0.1) is 0 Å². The number of hydrogen-bond donors (Lipinski definition) is 0. The molecule has 0 saturated heterocycles. The first-order valence-corrected chi connectivity index (χ1v) is 3.89. The summed E-state index contributed by atoms with van der Waals surface area (Å²) in [4.78, 5) is 0. The lowest BCUT2D eigenvalue weighted by molar-refractivity contribution is -0.110. The van der Waals surface area contributed by atoms with Crippen LogP contribution >= 0.6 is 0 Å². The highest BCUT2D eigenvalue weighted by Gasteiger charge is 2.15. The second kappa shape index (κ2) is 4.90. The van der Waals surface area contributed by atoms with Gasteiger partial charge in [-0.05, 0) is 13.8 Å². The second-order valence-electron chi connectivity index (χ2n) is 2.94. The quantitative estimate of drug-likeness (QED) is 0.582. The summed E-state index contributed by atoms with van der Waals surface area (Å²) >= 11 is 0. The van der Waals surface area contributed by atoms with Gasteiger partial charge in [0.25, 0.3) is 0 Å². The minimum absolute atomic E-state index is 0.188. The molecule has 1 aromatic rings. The summed E-state index contributed by atoms with van der Waals surface area (Å²) in [5.74, 6) is 0. The molecule has 1 aromatic carbocycles. The summed E-state index contributed by atoms with van der Waals surface area (Å²) < 4.78 is 31.1. The zero-order chi connectivity index (χ0) is 10.5. The van der Waals surface area contributed by atoms with Gasteiger partial charge in [-0.1, -0.05) is 35.4 Å². The largest absolute Gasteiger partial charge is 0.386 e. The molecule has 0 saturated carbocycles. The van der Waals surface area contributed by atoms with Gasteiger partial charge in [-0.2, -0.15) is 13.2 Å². The van der Waals surface area contributed by atoms with Gasteiger partial charge in [0.15, 0.2) is 0 Å². The van der Waals surface area contributed by atoms with Gasteiger partial charge >= 0.3 is 6.18 Å². The van der Waals surface area contributed by atoms with E-state index < -0.39 is 6.18 Å². The predicted molar refractivity (Wildman–Crippen MR) is 47.6 cm³/mol. The van der Waals surface area contributed by atoms with Crippen molar-refractivity contribution in [2.45, 2.75) is 26.9 Å². The molecule has 0 heterocycles. The number of hydrogen-bond acceptors (Lipinski definition) is 0. The number of rotatable bonds is 0. The van der Waals surface area contributed by atoms with E-state index in [1.165, 1.54) is 11.1 Å². The SMILES string of the molecule is CC(F)(F)F.Cc1ccc(C)cc1. The van der Waals surface area contributed by atoms with Crippen molar-refractivity contribution < 1.29 is 13.2 Å². The maximum atomic E-state index is 10.4. The molecule has 0 aliphatic rings. The Balaban J connectivity index is 0.000000252. The van der Waals surface area contributed by atoms with Gasteiger partial charge in [-0.25, -0.2) is 0 Å². The van der Waals surface area contributed by atoms with Crippen molar-refractivity contribution in [2.75, 3.05) is 0 Å².